The number of fused-ring (bicyclic) bond motifs is 3. The number of nitrogens with zero attached hydrogens (tertiary/aromatic N) is 1. The zero-order valence-electron chi connectivity index (χ0n) is 17.7. The molecule has 0 N–H and O–H groups in total. The Kier molecular flexibility index (Phi) is 4.07. The van der Waals surface area contributed by atoms with Gasteiger partial charge in [0.05, 0.1) is 23.6 Å². The van der Waals surface area contributed by atoms with Crippen molar-refractivity contribution in [2.75, 3.05) is 4.90 Å². The van der Waals surface area contributed by atoms with Crippen LogP contribution in [-0.2, 0) is 14.3 Å². The number of hydrogen-bond acceptors (Lipinski definition) is 5. The van der Waals surface area contributed by atoms with E-state index in [1.807, 2.05) is 31.2 Å². The summed E-state index contributed by atoms with van der Waals surface area (Å²) in [7, 11) is 0. The van der Waals surface area contributed by atoms with E-state index in [1.165, 1.54) is 0 Å². The Morgan fingerprint density at radius 3 is 1.94 bits per heavy atom. The molecule has 0 bridgehead atoms. The van der Waals surface area contributed by atoms with Gasteiger partial charge in [-0.2, -0.15) is 0 Å². The molecule has 0 radical (unpaired) electrons. The molecule has 162 valence electrons. The lowest BCUT2D eigenvalue weighted by molar-refractivity contribution is -0.127. The second-order valence-electron chi connectivity index (χ2n) is 8.69. The summed E-state index contributed by atoms with van der Waals surface area (Å²) in [5.41, 5.74) is 0.368. The molecule has 3 aliphatic rings. The number of anilines is 1. The number of benzene rings is 3. The molecule has 2 amide bonds. The van der Waals surface area contributed by atoms with E-state index in [1.54, 1.807) is 54.6 Å². The third kappa shape index (κ3) is 2.41. The van der Waals surface area contributed by atoms with Crippen LogP contribution in [0.3, 0.4) is 0 Å². The second kappa shape index (κ2) is 6.80. The van der Waals surface area contributed by atoms with Gasteiger partial charge in [-0.3, -0.25) is 19.2 Å². The van der Waals surface area contributed by atoms with Crippen molar-refractivity contribution in [2.45, 2.75) is 18.6 Å². The van der Waals surface area contributed by atoms with Gasteiger partial charge in [-0.05, 0) is 30.2 Å². The van der Waals surface area contributed by atoms with Gasteiger partial charge in [-0.1, -0.05) is 66.7 Å². The standard InChI is InChI=1S/C27H19NO5/c1-15-9-5-6-12-17(15)22-20-21(26(32)28(25(20)31)16-10-3-2-4-11-16)27(33-22)23(29)18-13-7-8-14-19(18)24(27)30/h2-14,20-22H,1H3/t20-,21-,22+/m1/s1. The van der Waals surface area contributed by atoms with Gasteiger partial charge in [0.15, 0.2) is 0 Å². The van der Waals surface area contributed by atoms with E-state index in [-0.39, 0.29) is 11.1 Å². The normalized spacial score (nSPS) is 25.1. The highest BCUT2D eigenvalue weighted by Gasteiger charge is 2.74. The monoisotopic (exact) mass is 437 g/mol. The van der Waals surface area contributed by atoms with Crippen LogP contribution in [0.25, 0.3) is 0 Å². The minimum absolute atomic E-state index is 0.227. The van der Waals surface area contributed by atoms with Crippen molar-refractivity contribution in [1.82, 2.24) is 0 Å². The van der Waals surface area contributed by atoms with E-state index in [9.17, 15) is 19.2 Å². The molecule has 33 heavy (non-hydrogen) atoms. The van der Waals surface area contributed by atoms with Crippen LogP contribution in [0.2, 0.25) is 0 Å². The Bertz CT molecular complexity index is 1330. The average Bonchev–Trinajstić information content (AvgIpc) is 3.40. The summed E-state index contributed by atoms with van der Waals surface area (Å²) < 4.78 is 6.31. The zero-order chi connectivity index (χ0) is 22.9. The first-order valence-electron chi connectivity index (χ1n) is 10.8. The molecule has 2 saturated heterocycles. The van der Waals surface area contributed by atoms with E-state index in [4.69, 9.17) is 4.74 Å². The van der Waals surface area contributed by atoms with Crippen LogP contribution < -0.4 is 4.90 Å². The molecule has 3 aromatic carbocycles. The number of hydrogen-bond donors (Lipinski definition) is 0. The van der Waals surface area contributed by atoms with Crippen LogP contribution in [0.15, 0.2) is 78.9 Å². The van der Waals surface area contributed by atoms with E-state index in [0.717, 1.165) is 10.5 Å². The highest BCUT2D eigenvalue weighted by atomic mass is 16.5. The Morgan fingerprint density at radius 1 is 0.727 bits per heavy atom. The third-order valence-corrected chi connectivity index (χ3v) is 7.03. The summed E-state index contributed by atoms with van der Waals surface area (Å²) in [6.45, 7) is 1.88. The van der Waals surface area contributed by atoms with E-state index >= 15 is 0 Å². The maximum Gasteiger partial charge on any atom is 0.241 e. The largest absolute Gasteiger partial charge is 0.349 e. The molecular formula is C27H19NO5. The molecule has 6 nitrogen and oxygen atoms in total. The summed E-state index contributed by atoms with van der Waals surface area (Å²) in [4.78, 5) is 56.0. The van der Waals surface area contributed by atoms with Gasteiger partial charge in [0.2, 0.25) is 29.0 Å². The minimum Gasteiger partial charge on any atom is -0.349 e. The van der Waals surface area contributed by atoms with Crippen molar-refractivity contribution in [3.05, 3.63) is 101 Å². The Labute approximate surface area is 189 Å². The predicted molar refractivity (Wildman–Crippen MR) is 119 cm³/mol. The number of imide groups is 1. The number of ether oxygens (including phenoxy) is 1. The predicted octanol–water partition coefficient (Wildman–Crippen LogP) is 3.69. The summed E-state index contributed by atoms with van der Waals surface area (Å²) in [5.74, 6) is -4.36. The molecule has 6 heteroatoms. The summed E-state index contributed by atoms with van der Waals surface area (Å²) in [6, 6.07) is 22.4. The van der Waals surface area contributed by atoms with Crippen molar-refractivity contribution < 1.29 is 23.9 Å². The number of rotatable bonds is 2. The minimum atomic E-state index is -2.04. The SMILES string of the molecule is Cc1ccccc1[C@@H]1OC2(C(=O)c3ccccc3C2=O)[C@H]2C(=O)N(c3ccccc3)C(=O)[C@@H]12. The van der Waals surface area contributed by atoms with Gasteiger partial charge >= 0.3 is 0 Å². The molecule has 0 saturated carbocycles. The Hall–Kier alpha value is -3.90. The number of ketones is 2. The summed E-state index contributed by atoms with van der Waals surface area (Å²) in [6.07, 6.45) is -0.899. The maximum absolute atomic E-state index is 13.8. The Balaban J connectivity index is 1.57. The Morgan fingerprint density at radius 2 is 1.30 bits per heavy atom. The summed E-state index contributed by atoms with van der Waals surface area (Å²) in [5, 5.41) is 0. The van der Waals surface area contributed by atoms with Crippen LogP contribution >= 0.6 is 0 Å². The highest BCUT2D eigenvalue weighted by molar-refractivity contribution is 6.37. The number of para-hydroxylation sites is 1. The lowest BCUT2D eigenvalue weighted by atomic mass is 9.77. The third-order valence-electron chi connectivity index (χ3n) is 7.03. The van der Waals surface area contributed by atoms with E-state index < -0.39 is 46.9 Å². The molecule has 0 aromatic heterocycles. The molecule has 2 aliphatic heterocycles. The van der Waals surface area contributed by atoms with Crippen molar-refractivity contribution in [3.8, 4) is 0 Å². The first-order valence-corrected chi connectivity index (χ1v) is 10.8. The van der Waals surface area contributed by atoms with Crippen LogP contribution in [-0.4, -0.2) is 29.0 Å². The van der Waals surface area contributed by atoms with Crippen LogP contribution in [0.1, 0.15) is 37.9 Å². The van der Waals surface area contributed by atoms with Crippen molar-refractivity contribution in [2.24, 2.45) is 11.8 Å². The van der Waals surface area contributed by atoms with Crippen molar-refractivity contribution in [3.63, 3.8) is 0 Å². The lowest BCUT2D eigenvalue weighted by Crippen LogP contribution is -2.51. The molecule has 3 atom stereocenters. The summed E-state index contributed by atoms with van der Waals surface area (Å²) >= 11 is 0. The van der Waals surface area contributed by atoms with Gasteiger partial charge in [-0.15, -0.1) is 0 Å². The molecule has 1 spiro atoms. The maximum atomic E-state index is 13.8. The van der Waals surface area contributed by atoms with Gasteiger partial charge in [0, 0.05) is 11.1 Å². The van der Waals surface area contributed by atoms with E-state index in [0.29, 0.717) is 11.3 Å². The smallest absolute Gasteiger partial charge is 0.241 e. The average molecular weight is 437 g/mol. The highest BCUT2D eigenvalue weighted by Crippen LogP contribution is 2.58. The number of Topliss-reactive ketones (excluding diaryl/α,β-unsaturated/α-hetero) is 2. The molecular weight excluding hydrogens is 418 g/mol. The van der Waals surface area contributed by atoms with Crippen molar-refractivity contribution >= 4 is 29.1 Å². The van der Waals surface area contributed by atoms with Gasteiger partial charge in [0.1, 0.15) is 0 Å². The van der Waals surface area contributed by atoms with Gasteiger partial charge in [-0.25, -0.2) is 4.90 Å². The van der Waals surface area contributed by atoms with Crippen LogP contribution in [0, 0.1) is 18.8 Å². The van der Waals surface area contributed by atoms with Gasteiger partial charge in [0.25, 0.3) is 0 Å². The first kappa shape index (κ1) is 19.8. The second-order valence-corrected chi connectivity index (χ2v) is 8.69. The van der Waals surface area contributed by atoms with E-state index in [2.05, 4.69) is 0 Å². The fraction of sp³-hybridized carbons (Fsp3) is 0.185. The quantitative estimate of drug-likeness (QED) is 0.451. The molecule has 0 unspecified atom stereocenters. The van der Waals surface area contributed by atoms with Gasteiger partial charge < -0.3 is 4.74 Å². The number of aryl methyl sites for hydroxylation is 1. The molecule has 3 aromatic rings. The number of carbonyl (C=O) groups excluding carboxylic acids is 4. The molecule has 2 fully saturated rings. The molecule has 2 heterocycles. The number of amides is 2. The molecule has 6 rings (SSSR count). The van der Waals surface area contributed by atoms with Crippen LogP contribution in [0.4, 0.5) is 5.69 Å². The lowest BCUT2D eigenvalue weighted by Gasteiger charge is -2.27. The molecule has 1 aliphatic carbocycles. The van der Waals surface area contributed by atoms with Crippen LogP contribution in [0.5, 0.6) is 0 Å². The van der Waals surface area contributed by atoms with Crippen molar-refractivity contribution in [1.29, 1.82) is 0 Å². The fourth-order valence-electron chi connectivity index (χ4n) is 5.54. The topological polar surface area (TPSA) is 80.8 Å². The first-order chi connectivity index (χ1) is 16.0. The fourth-order valence-corrected chi connectivity index (χ4v) is 5.54. The number of carbonyl (C=O) groups is 4. The zero-order valence-corrected chi connectivity index (χ0v) is 17.7.